The maximum atomic E-state index is 10.8. The van der Waals surface area contributed by atoms with Crippen LogP contribution in [0, 0.1) is 0 Å². The van der Waals surface area contributed by atoms with Crippen LogP contribution >= 0.6 is 7.60 Å². The third-order valence-corrected chi connectivity index (χ3v) is 1.69. The van der Waals surface area contributed by atoms with Crippen LogP contribution in [0.25, 0.3) is 0 Å². The average Bonchev–Trinajstić information content (AvgIpc) is 1.98. The zero-order valence-electron chi connectivity index (χ0n) is 7.39. The van der Waals surface area contributed by atoms with Crippen LogP contribution in [-0.2, 0) is 14.1 Å². The molecule has 0 aliphatic heterocycles. The summed E-state index contributed by atoms with van der Waals surface area (Å²) in [6.45, 7) is 2.01. The summed E-state index contributed by atoms with van der Waals surface area (Å²) in [7, 11) is -4.07. The summed E-state index contributed by atoms with van der Waals surface area (Å²) >= 11 is 0. The molecular weight excluding hydrogens is 197 g/mol. The first-order chi connectivity index (χ1) is 5.95. The number of hydrogen-bond donors (Lipinski definition) is 3. The van der Waals surface area contributed by atoms with Gasteiger partial charge in [-0.3, -0.25) is 14.7 Å². The highest BCUT2D eigenvalue weighted by molar-refractivity contribution is 7.51. The van der Waals surface area contributed by atoms with Gasteiger partial charge in [0.2, 0.25) is 0 Å². The smallest absolute Gasteiger partial charge is 0.339 e. The van der Waals surface area contributed by atoms with Crippen molar-refractivity contribution in [3.8, 4) is 0 Å². The average molecular weight is 211 g/mol. The molecule has 0 aromatic heterocycles. The summed E-state index contributed by atoms with van der Waals surface area (Å²) in [5.41, 5.74) is 0. The Morgan fingerprint density at radius 2 is 2.15 bits per heavy atom. The van der Waals surface area contributed by atoms with Crippen LogP contribution in [-0.4, -0.2) is 35.2 Å². The van der Waals surface area contributed by atoms with E-state index in [9.17, 15) is 9.36 Å². The highest BCUT2D eigenvalue weighted by atomic mass is 31.2. The summed E-state index contributed by atoms with van der Waals surface area (Å²) in [5, 5.41) is 2.30. The van der Waals surface area contributed by atoms with Gasteiger partial charge >= 0.3 is 13.6 Å². The monoisotopic (exact) mass is 211 g/mol. The number of nitrogens with one attached hydrogen (secondary N) is 1. The Morgan fingerprint density at radius 1 is 1.54 bits per heavy atom. The molecule has 0 atom stereocenters. The first kappa shape index (κ1) is 12.6. The lowest BCUT2D eigenvalue weighted by atomic mass is 10.5. The zero-order chi connectivity index (χ0) is 10.3. The molecule has 3 N–H and O–H groups in total. The number of rotatable bonds is 6. The number of carbonyl (C=O) groups excluding carboxylic acids is 1. The summed E-state index contributed by atoms with van der Waals surface area (Å²) in [6.07, 6.45) is 0.221. The molecule has 0 spiro atoms. The molecule has 0 saturated carbocycles. The molecule has 0 saturated heterocycles. The fourth-order valence-corrected chi connectivity index (χ4v) is 0.974. The highest BCUT2D eigenvalue weighted by Gasteiger charge is 2.12. The van der Waals surface area contributed by atoms with Crippen LogP contribution in [0.5, 0.6) is 0 Å². The Hall–Kier alpha value is -0.420. The van der Waals surface area contributed by atoms with Gasteiger partial charge < -0.3 is 14.5 Å². The molecule has 0 aliphatic rings. The van der Waals surface area contributed by atoms with E-state index in [1.54, 1.807) is 0 Å². The Morgan fingerprint density at radius 3 is 2.62 bits per heavy atom. The lowest BCUT2D eigenvalue weighted by Crippen LogP contribution is -2.25. The maximum Gasteiger partial charge on any atom is 0.339 e. The summed E-state index contributed by atoms with van der Waals surface area (Å²) in [4.78, 5) is 27.6. The van der Waals surface area contributed by atoms with Gasteiger partial charge in [0.25, 0.3) is 0 Å². The van der Waals surface area contributed by atoms with Crippen LogP contribution in [0.3, 0.4) is 0 Å². The fourth-order valence-electron chi connectivity index (χ4n) is 0.571. The highest BCUT2D eigenvalue weighted by Crippen LogP contribution is 2.31. The van der Waals surface area contributed by atoms with Crippen molar-refractivity contribution < 1.29 is 23.9 Å². The van der Waals surface area contributed by atoms with E-state index < -0.39 is 19.9 Å². The van der Waals surface area contributed by atoms with E-state index in [1.807, 2.05) is 6.92 Å². The van der Waals surface area contributed by atoms with Crippen molar-refractivity contribution in [3.05, 3.63) is 0 Å². The minimum absolute atomic E-state index is 0.175. The summed E-state index contributed by atoms with van der Waals surface area (Å²) in [5.74, 6) is -0.504. The maximum absolute atomic E-state index is 10.8. The molecule has 13 heavy (non-hydrogen) atoms. The molecule has 0 rings (SSSR count). The van der Waals surface area contributed by atoms with E-state index in [1.165, 1.54) is 0 Å². The lowest BCUT2D eigenvalue weighted by molar-refractivity contribution is -0.142. The van der Waals surface area contributed by atoms with Gasteiger partial charge in [0.1, 0.15) is 0 Å². The van der Waals surface area contributed by atoms with Gasteiger partial charge in [-0.15, -0.1) is 0 Å². The molecule has 78 valence electrons. The van der Waals surface area contributed by atoms with Gasteiger partial charge in [-0.05, 0) is 6.42 Å². The Kier molecular flexibility index (Phi) is 5.90. The van der Waals surface area contributed by atoms with Gasteiger partial charge in [0.05, 0.1) is 19.4 Å². The van der Waals surface area contributed by atoms with Crippen molar-refractivity contribution in [1.82, 2.24) is 5.32 Å². The Bertz CT molecular complexity index is 201. The van der Waals surface area contributed by atoms with Crippen LogP contribution in [0.1, 0.15) is 13.3 Å². The summed E-state index contributed by atoms with van der Waals surface area (Å²) in [6, 6.07) is 0. The van der Waals surface area contributed by atoms with Gasteiger partial charge in [-0.1, -0.05) is 6.92 Å². The molecule has 0 bridgehead atoms. The molecular formula is C6H14NO5P. The first-order valence-corrected chi connectivity index (χ1v) is 5.66. The molecule has 0 radical (unpaired) electrons. The Labute approximate surface area is 76.4 Å². The van der Waals surface area contributed by atoms with E-state index in [2.05, 4.69) is 10.1 Å². The van der Waals surface area contributed by atoms with E-state index >= 15 is 0 Å². The number of carbonyl (C=O) groups is 1. The lowest BCUT2D eigenvalue weighted by Gasteiger charge is -2.05. The van der Waals surface area contributed by atoms with Crippen molar-refractivity contribution in [2.24, 2.45) is 0 Å². The van der Waals surface area contributed by atoms with Crippen LogP contribution in [0.2, 0.25) is 0 Å². The van der Waals surface area contributed by atoms with Crippen molar-refractivity contribution in [2.45, 2.75) is 13.3 Å². The summed E-state index contributed by atoms with van der Waals surface area (Å²) < 4.78 is 15.0. The van der Waals surface area contributed by atoms with Crippen LogP contribution in [0.4, 0.5) is 0 Å². The minimum atomic E-state index is -4.07. The topological polar surface area (TPSA) is 95.9 Å². The fraction of sp³-hybridized carbons (Fsp3) is 0.833. The predicted octanol–water partition coefficient (Wildman–Crippen LogP) is -0.336. The number of esters is 1. The normalized spacial score (nSPS) is 11.3. The molecule has 0 amide bonds. The molecule has 0 heterocycles. The molecule has 7 heteroatoms. The number of ether oxygens (including phenoxy) is 1. The van der Waals surface area contributed by atoms with Crippen molar-refractivity contribution in [3.63, 3.8) is 0 Å². The quantitative estimate of drug-likeness (QED) is 0.411. The first-order valence-electron chi connectivity index (χ1n) is 3.86. The third-order valence-electron chi connectivity index (χ3n) is 1.05. The van der Waals surface area contributed by atoms with Gasteiger partial charge in [0.15, 0.2) is 0 Å². The largest absolute Gasteiger partial charge is 0.465 e. The molecule has 0 aromatic carbocycles. The van der Waals surface area contributed by atoms with E-state index in [-0.39, 0.29) is 6.54 Å². The van der Waals surface area contributed by atoms with E-state index in [0.29, 0.717) is 6.61 Å². The third kappa shape index (κ3) is 9.49. The van der Waals surface area contributed by atoms with Crippen LogP contribution < -0.4 is 5.32 Å². The predicted molar refractivity (Wildman–Crippen MR) is 46.2 cm³/mol. The zero-order valence-corrected chi connectivity index (χ0v) is 8.29. The molecule has 0 unspecified atom stereocenters. The Balaban J connectivity index is 3.43. The molecule has 0 aromatic rings. The van der Waals surface area contributed by atoms with Crippen molar-refractivity contribution in [1.29, 1.82) is 0 Å². The van der Waals surface area contributed by atoms with Gasteiger partial charge in [-0.25, -0.2) is 0 Å². The van der Waals surface area contributed by atoms with Gasteiger partial charge in [0, 0.05) is 0 Å². The molecule has 0 fully saturated rings. The van der Waals surface area contributed by atoms with E-state index in [0.717, 1.165) is 6.42 Å². The second-order valence-corrected chi connectivity index (χ2v) is 4.12. The van der Waals surface area contributed by atoms with E-state index in [4.69, 9.17) is 9.79 Å². The standard InChI is InChI=1S/C6H14NO5P/c1-2-3-12-6(8)4-7-5-13(9,10)11/h7H,2-5H2,1H3,(H2,9,10,11). The molecule has 0 aliphatic carbocycles. The SMILES string of the molecule is CCCOC(=O)CNCP(=O)(O)O. The van der Waals surface area contributed by atoms with Gasteiger partial charge in [-0.2, -0.15) is 0 Å². The van der Waals surface area contributed by atoms with Crippen LogP contribution in [0.15, 0.2) is 0 Å². The number of hydrogen-bond acceptors (Lipinski definition) is 4. The second kappa shape index (κ2) is 6.10. The van der Waals surface area contributed by atoms with Crippen molar-refractivity contribution in [2.75, 3.05) is 19.4 Å². The van der Waals surface area contributed by atoms with Crippen molar-refractivity contribution >= 4 is 13.6 Å². The molecule has 6 nitrogen and oxygen atoms in total. The second-order valence-electron chi connectivity index (χ2n) is 2.47. The minimum Gasteiger partial charge on any atom is -0.465 e.